The Kier molecular flexibility index (Phi) is 3.94. The summed E-state index contributed by atoms with van der Waals surface area (Å²) < 4.78 is 5.51. The van der Waals surface area contributed by atoms with Crippen LogP contribution < -0.4 is 0 Å². The van der Waals surface area contributed by atoms with Crippen molar-refractivity contribution in [1.29, 1.82) is 0 Å². The lowest BCUT2D eigenvalue weighted by atomic mass is 9.48. The third-order valence-electron chi connectivity index (χ3n) is 8.40. The minimum atomic E-state index is -0.158. The maximum atomic E-state index is 12.8. The summed E-state index contributed by atoms with van der Waals surface area (Å²) >= 11 is 0. The Hall–Kier alpha value is -1.12. The lowest BCUT2D eigenvalue weighted by Gasteiger charge is -2.56. The number of esters is 1. The summed E-state index contributed by atoms with van der Waals surface area (Å²) in [4.78, 5) is 24.1. The highest BCUT2D eigenvalue weighted by Crippen LogP contribution is 2.64. The highest BCUT2D eigenvalue weighted by Gasteiger charge is 2.60. The maximum absolute atomic E-state index is 12.8. The molecular weight excluding hydrogens is 312 g/mol. The number of hydrogen-bond acceptors (Lipinski definition) is 3. The van der Waals surface area contributed by atoms with Crippen molar-refractivity contribution in [2.24, 2.45) is 34.5 Å². The van der Waals surface area contributed by atoms with Gasteiger partial charge in [0.2, 0.25) is 0 Å². The fraction of sp³-hybridized carbons (Fsp3) is 0.818. The molecule has 0 aromatic rings. The summed E-state index contributed by atoms with van der Waals surface area (Å²) in [7, 11) is 0. The lowest BCUT2D eigenvalue weighted by Crippen LogP contribution is -2.50. The number of carbonyl (C=O) groups is 2. The smallest absolute Gasteiger partial charge is 0.302 e. The molecule has 0 aromatic carbocycles. The molecule has 3 fully saturated rings. The Morgan fingerprint density at radius 2 is 1.88 bits per heavy atom. The van der Waals surface area contributed by atoms with Gasteiger partial charge in [-0.05, 0) is 61.7 Å². The second kappa shape index (κ2) is 5.69. The van der Waals surface area contributed by atoms with Crippen LogP contribution in [0.4, 0.5) is 0 Å². The van der Waals surface area contributed by atoms with Crippen LogP contribution in [0.2, 0.25) is 0 Å². The van der Waals surface area contributed by atoms with Gasteiger partial charge in [0.1, 0.15) is 11.9 Å². The maximum Gasteiger partial charge on any atom is 0.302 e. The van der Waals surface area contributed by atoms with Crippen LogP contribution in [0.1, 0.15) is 72.6 Å². The topological polar surface area (TPSA) is 43.4 Å². The summed E-state index contributed by atoms with van der Waals surface area (Å²) in [6, 6.07) is 0. The van der Waals surface area contributed by atoms with Crippen molar-refractivity contribution in [2.45, 2.75) is 78.7 Å². The van der Waals surface area contributed by atoms with Crippen molar-refractivity contribution < 1.29 is 14.3 Å². The fourth-order valence-electron chi connectivity index (χ4n) is 7.07. The first-order chi connectivity index (χ1) is 11.8. The van der Waals surface area contributed by atoms with Crippen LogP contribution in [-0.2, 0) is 14.3 Å². The summed E-state index contributed by atoms with van der Waals surface area (Å²) in [5, 5.41) is 0. The SMILES string of the molecule is CC(=O)O[C@@H]1CC[C@@]2(C)C(=CC[C@@H]3[C@H]2CC[C@]2(C)C(=O)[C@@H](C)C[C@H]32)C1. The number of rotatable bonds is 1. The molecular formula is C22H32O3. The molecule has 4 aliphatic rings. The Morgan fingerprint density at radius 3 is 2.60 bits per heavy atom. The average Bonchev–Trinajstić information content (AvgIpc) is 2.78. The monoisotopic (exact) mass is 344 g/mol. The fourth-order valence-corrected chi connectivity index (χ4v) is 7.07. The van der Waals surface area contributed by atoms with Gasteiger partial charge in [0.05, 0.1) is 0 Å². The van der Waals surface area contributed by atoms with Gasteiger partial charge in [-0.3, -0.25) is 9.59 Å². The van der Waals surface area contributed by atoms with E-state index >= 15 is 0 Å². The van der Waals surface area contributed by atoms with Crippen molar-refractivity contribution in [3.8, 4) is 0 Å². The van der Waals surface area contributed by atoms with Crippen LogP contribution in [0.15, 0.2) is 11.6 Å². The zero-order chi connectivity index (χ0) is 18.0. The number of Topliss-reactive ketones (excluding diaryl/α,β-unsaturated/α-hetero) is 1. The zero-order valence-corrected chi connectivity index (χ0v) is 16.1. The van der Waals surface area contributed by atoms with Gasteiger partial charge in [0, 0.05) is 24.7 Å². The van der Waals surface area contributed by atoms with Gasteiger partial charge >= 0.3 is 5.97 Å². The predicted molar refractivity (Wildman–Crippen MR) is 96.8 cm³/mol. The van der Waals surface area contributed by atoms with Gasteiger partial charge in [-0.15, -0.1) is 0 Å². The molecule has 25 heavy (non-hydrogen) atoms. The van der Waals surface area contributed by atoms with Crippen LogP contribution >= 0.6 is 0 Å². The number of ether oxygens (including phenoxy) is 1. The molecule has 138 valence electrons. The average molecular weight is 344 g/mol. The molecule has 7 atom stereocenters. The van der Waals surface area contributed by atoms with E-state index in [1.807, 2.05) is 0 Å². The Bertz CT molecular complexity index is 635. The van der Waals surface area contributed by atoms with Gasteiger partial charge < -0.3 is 4.74 Å². The molecule has 0 aliphatic heterocycles. The van der Waals surface area contributed by atoms with Gasteiger partial charge in [0.15, 0.2) is 0 Å². The minimum Gasteiger partial charge on any atom is -0.462 e. The van der Waals surface area contributed by atoms with E-state index in [0.29, 0.717) is 23.5 Å². The first kappa shape index (κ1) is 17.3. The Labute approximate surface area is 151 Å². The van der Waals surface area contributed by atoms with Gasteiger partial charge in [-0.1, -0.05) is 32.4 Å². The van der Waals surface area contributed by atoms with Crippen molar-refractivity contribution in [3.63, 3.8) is 0 Å². The van der Waals surface area contributed by atoms with Crippen LogP contribution in [0.3, 0.4) is 0 Å². The second-order valence-corrected chi connectivity index (χ2v) is 9.69. The lowest BCUT2D eigenvalue weighted by molar-refractivity contribution is -0.148. The molecule has 3 saturated carbocycles. The Morgan fingerprint density at radius 1 is 1.16 bits per heavy atom. The predicted octanol–water partition coefficient (Wildman–Crippen LogP) is 4.70. The van der Waals surface area contributed by atoms with E-state index in [9.17, 15) is 9.59 Å². The van der Waals surface area contributed by atoms with E-state index < -0.39 is 0 Å². The number of fused-ring (bicyclic) bond motifs is 5. The molecule has 0 saturated heterocycles. The first-order valence-electron chi connectivity index (χ1n) is 10.2. The van der Waals surface area contributed by atoms with E-state index in [0.717, 1.165) is 38.5 Å². The molecule has 0 amide bonds. The van der Waals surface area contributed by atoms with Crippen LogP contribution in [0, 0.1) is 34.5 Å². The van der Waals surface area contributed by atoms with Crippen molar-refractivity contribution in [2.75, 3.05) is 0 Å². The molecule has 0 aromatic heterocycles. The van der Waals surface area contributed by atoms with Gasteiger partial charge in [0.25, 0.3) is 0 Å². The highest BCUT2D eigenvalue weighted by atomic mass is 16.5. The second-order valence-electron chi connectivity index (χ2n) is 9.69. The number of hydrogen-bond donors (Lipinski definition) is 0. The van der Waals surface area contributed by atoms with Crippen LogP contribution in [0.5, 0.6) is 0 Å². The third kappa shape index (κ3) is 2.44. The number of ketones is 1. The molecule has 0 bridgehead atoms. The van der Waals surface area contributed by atoms with Crippen molar-refractivity contribution in [1.82, 2.24) is 0 Å². The summed E-state index contributed by atoms with van der Waals surface area (Å²) in [5.41, 5.74) is 1.69. The summed E-state index contributed by atoms with van der Waals surface area (Å²) in [6.07, 6.45) is 9.98. The van der Waals surface area contributed by atoms with Crippen molar-refractivity contribution >= 4 is 11.8 Å². The number of carbonyl (C=O) groups excluding carboxylic acids is 2. The highest BCUT2D eigenvalue weighted by molar-refractivity contribution is 5.89. The minimum absolute atomic E-state index is 0.0651. The summed E-state index contributed by atoms with van der Waals surface area (Å²) in [5.74, 6) is 2.53. The standard InChI is InChI=1S/C22H32O3/c1-13-11-19-17-6-5-15-12-16(25-14(2)23)7-9-21(15,3)18(17)8-10-22(19,4)20(13)24/h5,13,16-19H,6-12H2,1-4H3/t13-,16+,17+,18+,19+,21-,22-/m0/s1. The molecule has 0 radical (unpaired) electrons. The van der Waals surface area contributed by atoms with E-state index in [1.165, 1.54) is 18.9 Å². The molecule has 0 heterocycles. The third-order valence-corrected chi connectivity index (χ3v) is 8.40. The first-order valence-corrected chi connectivity index (χ1v) is 10.2. The van der Waals surface area contributed by atoms with E-state index in [4.69, 9.17) is 4.74 Å². The normalized spacial score (nSPS) is 48.9. The molecule has 4 rings (SSSR count). The number of allylic oxidation sites excluding steroid dienone is 1. The van der Waals surface area contributed by atoms with Crippen LogP contribution in [0.25, 0.3) is 0 Å². The molecule has 0 unspecified atom stereocenters. The molecule has 3 nitrogen and oxygen atoms in total. The quantitative estimate of drug-likeness (QED) is 0.512. The van der Waals surface area contributed by atoms with Gasteiger partial charge in [-0.25, -0.2) is 0 Å². The molecule has 0 N–H and O–H groups in total. The Balaban J connectivity index is 1.61. The van der Waals surface area contributed by atoms with E-state index in [1.54, 1.807) is 0 Å². The molecule has 0 spiro atoms. The zero-order valence-electron chi connectivity index (χ0n) is 16.1. The van der Waals surface area contributed by atoms with Crippen LogP contribution in [-0.4, -0.2) is 17.9 Å². The van der Waals surface area contributed by atoms with Crippen molar-refractivity contribution in [3.05, 3.63) is 11.6 Å². The largest absolute Gasteiger partial charge is 0.462 e. The molecule has 3 heteroatoms. The van der Waals surface area contributed by atoms with Gasteiger partial charge in [-0.2, -0.15) is 0 Å². The summed E-state index contributed by atoms with van der Waals surface area (Å²) in [6.45, 7) is 8.34. The van der Waals surface area contributed by atoms with E-state index in [-0.39, 0.29) is 28.8 Å². The van der Waals surface area contributed by atoms with E-state index in [2.05, 4.69) is 26.8 Å². The molecule has 4 aliphatic carbocycles.